The summed E-state index contributed by atoms with van der Waals surface area (Å²) in [4.78, 5) is 0. The molecule has 7 heteroatoms. The monoisotopic (exact) mass is 360 g/mol. The van der Waals surface area contributed by atoms with Crippen molar-refractivity contribution in [2.75, 3.05) is 0 Å². The Labute approximate surface area is 72.2 Å². The molecule has 44 valence electrons. The van der Waals surface area contributed by atoms with E-state index in [0.717, 1.165) is 0 Å². The molecule has 0 bridgehead atoms. The molecular formula is H4CrO4PbS. The first-order valence-corrected chi connectivity index (χ1v) is 2.10. The van der Waals surface area contributed by atoms with Crippen molar-refractivity contribution in [3.8, 4) is 0 Å². The van der Waals surface area contributed by atoms with Gasteiger partial charge in [0.15, 0.2) is 0 Å². The minimum absolute atomic E-state index is 0. The third-order valence-electron chi connectivity index (χ3n) is 0. The molecule has 0 fully saturated rings. The Bertz CT molecular complexity index is 94.9. The summed E-state index contributed by atoms with van der Waals surface area (Å²) in [5, 5.41) is 0. The molecule has 0 spiro atoms. The topological polar surface area (TPSA) is 74.6 Å². The fourth-order valence-electron chi connectivity index (χ4n) is 0. The van der Waals surface area contributed by atoms with Gasteiger partial charge in [-0.15, -0.1) is 0 Å². The summed E-state index contributed by atoms with van der Waals surface area (Å²) >= 11 is 0. The zero-order chi connectivity index (χ0) is 4.50. The second-order valence-corrected chi connectivity index (χ2v) is 1.34. The maximum atomic E-state index is 8.74. The fraction of sp³-hybridized carbons (Fsp3) is 0. The van der Waals surface area contributed by atoms with Crippen molar-refractivity contribution in [2.45, 2.75) is 0 Å². The van der Waals surface area contributed by atoms with Gasteiger partial charge in [0, 0.05) is 17.4 Å². The molecule has 0 amide bonds. The van der Waals surface area contributed by atoms with Gasteiger partial charge in [-0.05, 0) is 0 Å². The van der Waals surface area contributed by atoms with E-state index in [1.54, 1.807) is 0 Å². The maximum absolute atomic E-state index is 8.74. The Morgan fingerprint density at radius 3 is 1.14 bits per heavy atom. The standard InChI is InChI=1S/Cr.H2O4S.Pb.2H/c;1-5(2,3)4;;;/h;(H2,1,2,3,4);;;. The minimum atomic E-state index is -4.67. The van der Waals surface area contributed by atoms with Crippen LogP contribution in [0.3, 0.4) is 0 Å². The average molecular weight is 359 g/mol. The first-order chi connectivity index (χ1) is 2.00. The van der Waals surface area contributed by atoms with E-state index in [9.17, 15) is 0 Å². The Kier molecular flexibility index (Phi) is 12.3. The molecule has 0 aromatic heterocycles. The number of hydrogen-bond donors (Lipinski definition) is 2. The zero-order valence-corrected chi connectivity index (χ0v) is 10.8. The SMILES string of the molecule is O=S(=O)(O)O.[Cr].[PbH2]. The molecule has 0 rings (SSSR count). The molecule has 2 N–H and O–H groups in total. The van der Waals surface area contributed by atoms with Gasteiger partial charge < -0.3 is 0 Å². The molecule has 0 aromatic rings. The van der Waals surface area contributed by atoms with Crippen LogP contribution < -0.4 is 0 Å². The van der Waals surface area contributed by atoms with Gasteiger partial charge in [0.1, 0.15) is 0 Å². The average Bonchev–Trinajstić information content (AvgIpc) is 0.722. The fourth-order valence-corrected chi connectivity index (χ4v) is 0. The van der Waals surface area contributed by atoms with Crippen LogP contribution in [0.25, 0.3) is 0 Å². The van der Waals surface area contributed by atoms with Crippen LogP contribution in [-0.2, 0) is 27.8 Å². The number of rotatable bonds is 0. The van der Waals surface area contributed by atoms with Crippen LogP contribution in [0.1, 0.15) is 0 Å². The third-order valence-corrected chi connectivity index (χ3v) is 0. The number of hydrogen-bond acceptors (Lipinski definition) is 2. The first kappa shape index (κ1) is 15.8. The van der Waals surface area contributed by atoms with E-state index >= 15 is 0 Å². The molecule has 0 aromatic carbocycles. The Morgan fingerprint density at radius 2 is 1.14 bits per heavy atom. The van der Waals surface area contributed by atoms with Gasteiger partial charge in [-0.25, -0.2) is 0 Å². The summed E-state index contributed by atoms with van der Waals surface area (Å²) < 4.78 is 31.6. The van der Waals surface area contributed by atoms with Gasteiger partial charge in [-0.3, -0.25) is 9.11 Å². The quantitative estimate of drug-likeness (QED) is 0.405. The van der Waals surface area contributed by atoms with Crippen LogP contribution >= 0.6 is 0 Å². The predicted octanol–water partition coefficient (Wildman–Crippen LogP) is -1.57. The van der Waals surface area contributed by atoms with E-state index in [0.29, 0.717) is 0 Å². The van der Waals surface area contributed by atoms with Crippen LogP contribution in [-0.4, -0.2) is 44.8 Å². The molecule has 0 saturated carbocycles. The van der Waals surface area contributed by atoms with E-state index in [1.807, 2.05) is 0 Å². The summed E-state index contributed by atoms with van der Waals surface area (Å²) in [5.41, 5.74) is 0. The Hall–Kier alpha value is 1.32. The van der Waals surface area contributed by atoms with Crippen molar-refractivity contribution in [2.24, 2.45) is 0 Å². The third kappa shape index (κ3) is 118. The second kappa shape index (κ2) is 5.46. The van der Waals surface area contributed by atoms with Crippen molar-refractivity contribution < 1.29 is 34.9 Å². The van der Waals surface area contributed by atoms with Gasteiger partial charge in [0.2, 0.25) is 0 Å². The zero-order valence-electron chi connectivity index (χ0n) is 3.23. The van der Waals surface area contributed by atoms with E-state index in [-0.39, 0.29) is 44.7 Å². The van der Waals surface area contributed by atoms with E-state index in [1.165, 1.54) is 0 Å². The molecule has 4 nitrogen and oxygen atoms in total. The van der Waals surface area contributed by atoms with E-state index in [2.05, 4.69) is 0 Å². The normalized spacial score (nSPS) is 8.29. The van der Waals surface area contributed by atoms with E-state index in [4.69, 9.17) is 17.5 Å². The van der Waals surface area contributed by atoms with Gasteiger partial charge in [0.25, 0.3) is 0 Å². The van der Waals surface area contributed by atoms with Gasteiger partial charge >= 0.3 is 37.7 Å². The molecule has 7 heavy (non-hydrogen) atoms. The second-order valence-electron chi connectivity index (χ2n) is 0.448. The summed E-state index contributed by atoms with van der Waals surface area (Å²) in [6, 6.07) is 0. The Morgan fingerprint density at radius 1 is 1.14 bits per heavy atom. The Balaban J connectivity index is -0.0000000800. The van der Waals surface area contributed by atoms with Crippen molar-refractivity contribution in [3.05, 3.63) is 0 Å². The molecule has 0 aliphatic rings. The predicted molar refractivity (Wildman–Crippen MR) is 22.7 cm³/mol. The summed E-state index contributed by atoms with van der Waals surface area (Å²) in [6.07, 6.45) is 0. The summed E-state index contributed by atoms with van der Waals surface area (Å²) in [5.74, 6) is 0. The van der Waals surface area contributed by atoms with E-state index < -0.39 is 10.4 Å². The van der Waals surface area contributed by atoms with Gasteiger partial charge in [-0.1, -0.05) is 0 Å². The summed E-state index contributed by atoms with van der Waals surface area (Å²) in [7, 11) is -4.67. The van der Waals surface area contributed by atoms with Gasteiger partial charge in [0.05, 0.1) is 0 Å². The molecule has 0 heterocycles. The van der Waals surface area contributed by atoms with Crippen LogP contribution in [0.5, 0.6) is 0 Å². The van der Waals surface area contributed by atoms with Gasteiger partial charge in [-0.2, -0.15) is 8.42 Å². The molecule has 2 radical (unpaired) electrons. The first-order valence-electron chi connectivity index (χ1n) is 0.698. The molecule has 0 aliphatic heterocycles. The molecule has 0 atom stereocenters. The van der Waals surface area contributed by atoms with Crippen LogP contribution in [0.15, 0.2) is 0 Å². The molecule has 0 saturated heterocycles. The van der Waals surface area contributed by atoms with Crippen molar-refractivity contribution in [1.29, 1.82) is 0 Å². The molecule has 0 aliphatic carbocycles. The van der Waals surface area contributed by atoms with Crippen molar-refractivity contribution in [1.82, 2.24) is 0 Å². The summed E-state index contributed by atoms with van der Waals surface area (Å²) in [6.45, 7) is 0. The van der Waals surface area contributed by atoms with Crippen LogP contribution in [0.4, 0.5) is 0 Å². The van der Waals surface area contributed by atoms with Crippen molar-refractivity contribution >= 4 is 37.7 Å². The van der Waals surface area contributed by atoms with Crippen LogP contribution in [0, 0.1) is 0 Å². The molecule has 0 unspecified atom stereocenters. The van der Waals surface area contributed by atoms with Crippen molar-refractivity contribution in [3.63, 3.8) is 0 Å². The van der Waals surface area contributed by atoms with Crippen LogP contribution in [0.2, 0.25) is 0 Å². The molecular weight excluding hydrogens is 355 g/mol.